The Hall–Kier alpha value is -2.13. The minimum atomic E-state index is -0.473. The zero-order valence-corrected chi connectivity index (χ0v) is 21.1. The van der Waals surface area contributed by atoms with Crippen LogP contribution in [0, 0.1) is 6.92 Å². The molecule has 3 rings (SSSR count). The van der Waals surface area contributed by atoms with E-state index in [-0.39, 0.29) is 24.0 Å². The molecule has 184 valence electrons. The third kappa shape index (κ3) is 6.93. The molecule has 1 aromatic heterocycles. The van der Waals surface area contributed by atoms with Gasteiger partial charge in [-0.3, -0.25) is 4.90 Å². The molecule has 10 heteroatoms. The van der Waals surface area contributed by atoms with Gasteiger partial charge < -0.3 is 19.7 Å². The number of halogens is 1. The molecule has 0 bridgehead atoms. The fraction of sp³-hybridized carbons (Fsp3) is 0.739. The van der Waals surface area contributed by atoms with Crippen LogP contribution < -0.4 is 5.32 Å². The van der Waals surface area contributed by atoms with E-state index in [1.165, 1.54) is 0 Å². The number of nitrogens with one attached hydrogen (secondary N) is 1. The lowest BCUT2D eigenvalue weighted by molar-refractivity contribution is 0.00805. The molecule has 1 aliphatic carbocycles. The predicted molar refractivity (Wildman–Crippen MR) is 127 cm³/mol. The minimum absolute atomic E-state index is 0.111. The second-order valence-electron chi connectivity index (χ2n) is 9.68. The average molecular weight is 482 g/mol. The van der Waals surface area contributed by atoms with E-state index in [2.05, 4.69) is 20.2 Å². The smallest absolute Gasteiger partial charge is 0.410 e. The lowest BCUT2D eigenvalue weighted by Crippen LogP contribution is -2.53. The van der Waals surface area contributed by atoms with Crippen LogP contribution in [0.3, 0.4) is 0 Å². The molecule has 1 amide bonds. The first kappa shape index (κ1) is 25.5. The maximum absolute atomic E-state index is 12.4. The molecule has 1 aromatic rings. The number of hydrogen-bond acceptors (Lipinski definition) is 8. The summed E-state index contributed by atoms with van der Waals surface area (Å²) in [5.74, 6) is 0.00564. The molecule has 1 saturated carbocycles. The maximum Gasteiger partial charge on any atom is 0.410 e. The summed E-state index contributed by atoms with van der Waals surface area (Å²) < 4.78 is 10.7. The number of carbonyl (C=O) groups excluding carboxylic acids is 2. The van der Waals surface area contributed by atoms with Crippen LogP contribution >= 0.6 is 11.6 Å². The second-order valence-corrected chi connectivity index (χ2v) is 10.0. The third-order valence-electron chi connectivity index (χ3n) is 6.06. The molecule has 1 N–H and O–H groups in total. The fourth-order valence-electron chi connectivity index (χ4n) is 4.47. The summed E-state index contributed by atoms with van der Waals surface area (Å²) in [7, 11) is 0. The van der Waals surface area contributed by atoms with Crippen LogP contribution in [0.2, 0.25) is 5.28 Å². The summed E-state index contributed by atoms with van der Waals surface area (Å²) in [6.45, 7) is 12.5. The molecule has 0 unspecified atom stereocenters. The van der Waals surface area contributed by atoms with E-state index < -0.39 is 11.6 Å². The largest absolute Gasteiger partial charge is 0.462 e. The Bertz CT molecular complexity index is 844. The van der Waals surface area contributed by atoms with Gasteiger partial charge in [-0.25, -0.2) is 14.6 Å². The molecule has 33 heavy (non-hydrogen) atoms. The van der Waals surface area contributed by atoms with Crippen molar-refractivity contribution >= 4 is 29.5 Å². The van der Waals surface area contributed by atoms with E-state index in [9.17, 15) is 9.59 Å². The van der Waals surface area contributed by atoms with Crippen molar-refractivity contribution < 1.29 is 19.1 Å². The van der Waals surface area contributed by atoms with Crippen molar-refractivity contribution in [1.29, 1.82) is 0 Å². The van der Waals surface area contributed by atoms with Gasteiger partial charge in [0, 0.05) is 38.3 Å². The highest BCUT2D eigenvalue weighted by molar-refractivity contribution is 6.28. The van der Waals surface area contributed by atoms with E-state index in [1.807, 2.05) is 20.8 Å². The maximum atomic E-state index is 12.4. The molecule has 0 atom stereocenters. The Morgan fingerprint density at radius 1 is 1.09 bits per heavy atom. The number of amides is 1. The van der Waals surface area contributed by atoms with Crippen LogP contribution in [0.25, 0.3) is 0 Å². The molecule has 2 fully saturated rings. The first-order valence-electron chi connectivity index (χ1n) is 11.8. The summed E-state index contributed by atoms with van der Waals surface area (Å²) in [5.41, 5.74) is 0.383. The highest BCUT2D eigenvalue weighted by Gasteiger charge is 2.32. The number of anilines is 1. The molecule has 9 nitrogen and oxygen atoms in total. The number of piperazine rings is 1. The monoisotopic (exact) mass is 481 g/mol. The number of rotatable bonds is 5. The Labute approximate surface area is 201 Å². The van der Waals surface area contributed by atoms with Crippen molar-refractivity contribution in [2.75, 3.05) is 38.1 Å². The van der Waals surface area contributed by atoms with Crippen molar-refractivity contribution in [1.82, 2.24) is 19.8 Å². The molecule has 2 aliphatic rings. The zero-order chi connectivity index (χ0) is 24.2. The molecule has 0 radical (unpaired) electrons. The quantitative estimate of drug-likeness (QED) is 0.499. The van der Waals surface area contributed by atoms with E-state index in [0.29, 0.717) is 36.2 Å². The molecular formula is C23H36ClN5O4. The highest BCUT2D eigenvalue weighted by Crippen LogP contribution is 2.28. The molecule has 2 heterocycles. The van der Waals surface area contributed by atoms with Crippen molar-refractivity contribution in [3.8, 4) is 0 Å². The summed E-state index contributed by atoms with van der Waals surface area (Å²) >= 11 is 6.06. The van der Waals surface area contributed by atoms with Gasteiger partial charge in [0.2, 0.25) is 5.28 Å². The van der Waals surface area contributed by atoms with Gasteiger partial charge in [0.05, 0.1) is 12.3 Å². The van der Waals surface area contributed by atoms with Gasteiger partial charge in [0.15, 0.2) is 0 Å². The zero-order valence-electron chi connectivity index (χ0n) is 20.3. The summed E-state index contributed by atoms with van der Waals surface area (Å²) in [6, 6.07) is 0.687. The number of aromatic nitrogens is 2. The Morgan fingerprint density at radius 3 is 2.30 bits per heavy atom. The SMILES string of the molecule is CCOC(=O)c1c(C)nc(Cl)nc1NC1CCC(N2CCN(C(=O)OC(C)(C)C)CC2)CC1. The van der Waals surface area contributed by atoms with Crippen molar-refractivity contribution in [2.45, 2.75) is 78.0 Å². The van der Waals surface area contributed by atoms with Crippen LogP contribution in [0.5, 0.6) is 0 Å². The van der Waals surface area contributed by atoms with E-state index in [4.69, 9.17) is 21.1 Å². The van der Waals surface area contributed by atoms with Gasteiger partial charge >= 0.3 is 12.1 Å². The van der Waals surface area contributed by atoms with Gasteiger partial charge in [-0.2, -0.15) is 4.98 Å². The van der Waals surface area contributed by atoms with E-state index in [0.717, 1.165) is 38.8 Å². The molecule has 0 spiro atoms. The normalized spacial score (nSPS) is 22.1. The van der Waals surface area contributed by atoms with Gasteiger partial charge in [0.1, 0.15) is 17.0 Å². The molecule has 1 saturated heterocycles. The lowest BCUT2D eigenvalue weighted by Gasteiger charge is -2.42. The summed E-state index contributed by atoms with van der Waals surface area (Å²) in [5, 5.41) is 3.52. The number of nitrogens with zero attached hydrogens (tertiary/aromatic N) is 4. The second kappa shape index (κ2) is 10.9. The number of hydrogen-bond donors (Lipinski definition) is 1. The van der Waals surface area contributed by atoms with Crippen LogP contribution in [-0.4, -0.2) is 82.3 Å². The summed E-state index contributed by atoms with van der Waals surface area (Å²) in [4.78, 5) is 37.4. The average Bonchev–Trinajstić information content (AvgIpc) is 2.73. The van der Waals surface area contributed by atoms with Gasteiger partial charge in [-0.15, -0.1) is 0 Å². The third-order valence-corrected chi connectivity index (χ3v) is 6.23. The predicted octanol–water partition coefficient (Wildman–Crippen LogP) is 3.89. The first-order chi connectivity index (χ1) is 15.6. The van der Waals surface area contributed by atoms with Gasteiger partial charge in [-0.05, 0) is 71.9 Å². The van der Waals surface area contributed by atoms with Gasteiger partial charge in [0.25, 0.3) is 0 Å². The van der Waals surface area contributed by atoms with E-state index >= 15 is 0 Å². The van der Waals surface area contributed by atoms with Crippen molar-refractivity contribution in [2.24, 2.45) is 0 Å². The number of esters is 1. The minimum Gasteiger partial charge on any atom is -0.462 e. The van der Waals surface area contributed by atoms with Crippen LogP contribution in [-0.2, 0) is 9.47 Å². The van der Waals surface area contributed by atoms with Crippen LogP contribution in [0.4, 0.5) is 10.6 Å². The fourth-order valence-corrected chi connectivity index (χ4v) is 4.68. The Balaban J connectivity index is 1.52. The Morgan fingerprint density at radius 2 is 1.73 bits per heavy atom. The van der Waals surface area contributed by atoms with Crippen molar-refractivity contribution in [3.05, 3.63) is 16.5 Å². The number of ether oxygens (including phenoxy) is 2. The molecule has 1 aliphatic heterocycles. The summed E-state index contributed by atoms with van der Waals surface area (Å²) in [6.07, 6.45) is 3.76. The number of aryl methyl sites for hydroxylation is 1. The Kier molecular flexibility index (Phi) is 8.39. The van der Waals surface area contributed by atoms with Gasteiger partial charge in [-0.1, -0.05) is 0 Å². The topological polar surface area (TPSA) is 96.9 Å². The molecule has 0 aromatic carbocycles. The highest BCUT2D eigenvalue weighted by atomic mass is 35.5. The standard InChI is InChI=1S/C23H36ClN5O4/c1-6-32-20(30)18-15(2)25-21(24)27-19(18)26-16-7-9-17(10-8-16)28-11-13-29(14-12-28)22(31)33-23(3,4)5/h16-17H,6-14H2,1-5H3,(H,25,26,27). The van der Waals surface area contributed by atoms with Crippen LogP contribution in [0.15, 0.2) is 0 Å². The lowest BCUT2D eigenvalue weighted by atomic mass is 9.89. The van der Waals surface area contributed by atoms with Crippen LogP contribution in [0.1, 0.15) is 69.4 Å². The number of carbonyl (C=O) groups is 2. The first-order valence-corrected chi connectivity index (χ1v) is 12.1. The van der Waals surface area contributed by atoms with Crippen molar-refractivity contribution in [3.63, 3.8) is 0 Å². The molecular weight excluding hydrogens is 446 g/mol. The van der Waals surface area contributed by atoms with E-state index in [1.54, 1.807) is 18.7 Å².